The molecule has 0 fully saturated rings. The first-order valence-electron chi connectivity index (χ1n) is 4.52. The lowest BCUT2D eigenvalue weighted by Gasteiger charge is -2.06. The molecule has 0 aliphatic heterocycles. The van der Waals surface area contributed by atoms with Crippen molar-refractivity contribution in [3.8, 4) is 0 Å². The first-order valence-corrected chi connectivity index (χ1v) is 4.52. The largest absolute Gasteiger partial charge is 0.475 e. The molecule has 0 saturated heterocycles. The lowest BCUT2D eigenvalue weighted by molar-refractivity contribution is -0.134. The zero-order valence-corrected chi connectivity index (χ0v) is 8.17. The van der Waals surface area contributed by atoms with Gasteiger partial charge in [-0.3, -0.25) is 0 Å². The van der Waals surface area contributed by atoms with E-state index in [4.69, 9.17) is 9.52 Å². The van der Waals surface area contributed by atoms with E-state index in [9.17, 15) is 18.0 Å². The fourth-order valence-corrected chi connectivity index (χ4v) is 1.05. The molecule has 2 N–H and O–H groups in total. The number of aromatic carboxylic acids is 1. The van der Waals surface area contributed by atoms with E-state index in [-0.39, 0.29) is 24.6 Å². The summed E-state index contributed by atoms with van der Waals surface area (Å²) in [5.74, 6) is -1.32. The molecule has 0 spiro atoms. The zero-order valence-electron chi connectivity index (χ0n) is 8.17. The van der Waals surface area contributed by atoms with Crippen LogP contribution in [0.4, 0.5) is 19.1 Å². The monoisotopic (exact) mass is 237 g/mol. The van der Waals surface area contributed by atoms with Gasteiger partial charge in [0.25, 0.3) is 0 Å². The number of halogens is 3. The predicted molar refractivity (Wildman–Crippen MR) is 49.4 cm³/mol. The minimum absolute atomic E-state index is 0.0755. The summed E-state index contributed by atoms with van der Waals surface area (Å²) in [5.41, 5.74) is 0. The molecule has 4 nitrogen and oxygen atoms in total. The summed E-state index contributed by atoms with van der Waals surface area (Å²) in [7, 11) is 0. The van der Waals surface area contributed by atoms with Crippen molar-refractivity contribution in [1.82, 2.24) is 0 Å². The van der Waals surface area contributed by atoms with Gasteiger partial charge in [0, 0.05) is 19.0 Å². The maximum atomic E-state index is 11.8. The molecular formula is C9H10F3NO3. The number of carboxylic acids is 1. The molecule has 1 aromatic heterocycles. The zero-order chi connectivity index (χ0) is 12.2. The van der Waals surface area contributed by atoms with E-state index in [1.807, 2.05) is 0 Å². The van der Waals surface area contributed by atoms with E-state index < -0.39 is 18.6 Å². The van der Waals surface area contributed by atoms with Gasteiger partial charge in [0.15, 0.2) is 5.88 Å². The van der Waals surface area contributed by atoms with Gasteiger partial charge in [-0.1, -0.05) is 0 Å². The Kier molecular flexibility index (Phi) is 3.81. The average Bonchev–Trinajstić information content (AvgIpc) is 2.59. The molecule has 0 radical (unpaired) electrons. The summed E-state index contributed by atoms with van der Waals surface area (Å²) in [6.07, 6.45) is -5.14. The quantitative estimate of drug-likeness (QED) is 0.773. The van der Waals surface area contributed by atoms with Gasteiger partial charge in [-0.25, -0.2) is 4.79 Å². The Labute approximate surface area is 89.1 Å². The fraction of sp³-hybridized carbons (Fsp3) is 0.444. The first kappa shape index (κ1) is 12.4. The van der Waals surface area contributed by atoms with Gasteiger partial charge in [-0.05, 0) is 12.5 Å². The third-order valence-corrected chi connectivity index (χ3v) is 1.75. The van der Waals surface area contributed by atoms with Crippen LogP contribution in [0.2, 0.25) is 0 Å². The second kappa shape index (κ2) is 4.91. The number of alkyl halides is 3. The van der Waals surface area contributed by atoms with Gasteiger partial charge < -0.3 is 14.8 Å². The Hall–Kier alpha value is -1.66. The maximum absolute atomic E-state index is 11.8. The molecule has 0 amide bonds. The van der Waals surface area contributed by atoms with Crippen molar-refractivity contribution in [1.29, 1.82) is 0 Å². The number of carboxylic acid groups (broad SMARTS) is 1. The fourth-order valence-electron chi connectivity index (χ4n) is 1.05. The third kappa shape index (κ3) is 4.24. The Morgan fingerprint density at radius 1 is 1.44 bits per heavy atom. The van der Waals surface area contributed by atoms with Crippen LogP contribution in [0.15, 0.2) is 16.5 Å². The van der Waals surface area contributed by atoms with Crippen molar-refractivity contribution in [3.05, 3.63) is 17.9 Å². The molecule has 90 valence electrons. The van der Waals surface area contributed by atoms with E-state index in [1.165, 1.54) is 12.1 Å². The van der Waals surface area contributed by atoms with Crippen LogP contribution in [0.25, 0.3) is 0 Å². The van der Waals surface area contributed by atoms with Crippen LogP contribution in [-0.4, -0.2) is 23.8 Å². The number of carbonyl (C=O) groups is 1. The van der Waals surface area contributed by atoms with E-state index in [2.05, 4.69) is 5.32 Å². The van der Waals surface area contributed by atoms with Gasteiger partial charge in [-0.15, -0.1) is 0 Å². The van der Waals surface area contributed by atoms with Crippen molar-refractivity contribution >= 4 is 11.9 Å². The molecule has 0 unspecified atom stereocenters. The van der Waals surface area contributed by atoms with Crippen LogP contribution >= 0.6 is 0 Å². The molecule has 1 aromatic rings. The van der Waals surface area contributed by atoms with E-state index in [1.54, 1.807) is 0 Å². The van der Waals surface area contributed by atoms with Gasteiger partial charge >= 0.3 is 12.1 Å². The van der Waals surface area contributed by atoms with E-state index in [0.717, 1.165) is 0 Å². The van der Waals surface area contributed by atoms with Crippen molar-refractivity contribution in [2.45, 2.75) is 19.0 Å². The molecule has 0 saturated carbocycles. The normalized spacial score (nSPS) is 11.4. The average molecular weight is 237 g/mol. The van der Waals surface area contributed by atoms with E-state index in [0.29, 0.717) is 0 Å². The van der Waals surface area contributed by atoms with Gasteiger partial charge in [0.2, 0.25) is 5.76 Å². The van der Waals surface area contributed by atoms with Crippen LogP contribution in [0.5, 0.6) is 0 Å². The van der Waals surface area contributed by atoms with Crippen molar-refractivity contribution in [3.63, 3.8) is 0 Å². The molecule has 7 heteroatoms. The van der Waals surface area contributed by atoms with Crippen LogP contribution < -0.4 is 5.32 Å². The summed E-state index contributed by atoms with van der Waals surface area (Å²) in [6.45, 7) is 0.0755. The Morgan fingerprint density at radius 3 is 2.62 bits per heavy atom. The molecule has 1 heterocycles. The highest BCUT2D eigenvalue weighted by molar-refractivity contribution is 5.84. The number of nitrogens with one attached hydrogen (secondary N) is 1. The standard InChI is InChI=1S/C9H10F3NO3/c10-9(11,12)4-1-5-13-7-3-2-6(16-7)8(14)15/h2-3,13H,1,4-5H2,(H,14,15). The van der Waals surface area contributed by atoms with Crippen LogP contribution in [0.1, 0.15) is 23.4 Å². The van der Waals surface area contributed by atoms with E-state index >= 15 is 0 Å². The van der Waals surface area contributed by atoms with Gasteiger partial charge in [-0.2, -0.15) is 13.2 Å². The van der Waals surface area contributed by atoms with Crippen LogP contribution in [0, 0.1) is 0 Å². The van der Waals surface area contributed by atoms with Crippen molar-refractivity contribution in [2.75, 3.05) is 11.9 Å². The highest BCUT2D eigenvalue weighted by Gasteiger charge is 2.25. The first-order chi connectivity index (χ1) is 7.38. The summed E-state index contributed by atoms with van der Waals surface area (Å²) in [6, 6.07) is 2.59. The third-order valence-electron chi connectivity index (χ3n) is 1.75. The highest BCUT2D eigenvalue weighted by atomic mass is 19.4. The molecular weight excluding hydrogens is 227 g/mol. The summed E-state index contributed by atoms with van der Waals surface area (Å²) in [5, 5.41) is 11.1. The molecule has 0 aliphatic rings. The Morgan fingerprint density at radius 2 is 2.12 bits per heavy atom. The number of hydrogen-bond acceptors (Lipinski definition) is 3. The van der Waals surface area contributed by atoms with Crippen molar-refractivity contribution < 1.29 is 27.5 Å². The minimum atomic E-state index is -4.17. The summed E-state index contributed by atoms with van der Waals surface area (Å²) >= 11 is 0. The molecule has 0 aromatic carbocycles. The van der Waals surface area contributed by atoms with Crippen LogP contribution in [0.3, 0.4) is 0 Å². The van der Waals surface area contributed by atoms with Crippen molar-refractivity contribution in [2.24, 2.45) is 0 Å². The number of anilines is 1. The second-order valence-electron chi connectivity index (χ2n) is 3.11. The van der Waals surface area contributed by atoms with Crippen LogP contribution in [-0.2, 0) is 0 Å². The molecule has 0 bridgehead atoms. The summed E-state index contributed by atoms with van der Waals surface area (Å²) in [4.78, 5) is 10.4. The lowest BCUT2D eigenvalue weighted by Crippen LogP contribution is -2.10. The smallest absolute Gasteiger partial charge is 0.389 e. The minimum Gasteiger partial charge on any atom is -0.475 e. The second-order valence-corrected chi connectivity index (χ2v) is 3.11. The molecule has 16 heavy (non-hydrogen) atoms. The highest BCUT2D eigenvalue weighted by Crippen LogP contribution is 2.21. The van der Waals surface area contributed by atoms with Gasteiger partial charge in [0.1, 0.15) is 0 Å². The SMILES string of the molecule is O=C(O)c1ccc(NCCCC(F)(F)F)o1. The summed E-state index contributed by atoms with van der Waals surface area (Å²) < 4.78 is 40.1. The maximum Gasteiger partial charge on any atom is 0.389 e. The number of rotatable bonds is 5. The Balaban J connectivity index is 2.30. The number of furan rings is 1. The number of hydrogen-bond donors (Lipinski definition) is 2. The Bertz CT molecular complexity index is 359. The molecule has 0 atom stereocenters. The topological polar surface area (TPSA) is 62.5 Å². The van der Waals surface area contributed by atoms with Gasteiger partial charge in [0.05, 0.1) is 0 Å². The molecule has 0 aliphatic carbocycles. The lowest BCUT2D eigenvalue weighted by atomic mass is 10.3. The predicted octanol–water partition coefficient (Wildman–Crippen LogP) is 2.73. The molecule has 1 rings (SSSR count).